The Hall–Kier alpha value is -2.92. The van der Waals surface area contributed by atoms with Crippen molar-refractivity contribution in [2.24, 2.45) is 0 Å². The largest absolute Gasteiger partial charge is 0.323 e. The van der Waals surface area contributed by atoms with E-state index in [0.717, 1.165) is 22.5 Å². The number of amides is 2. The van der Waals surface area contributed by atoms with Crippen LogP contribution in [0.3, 0.4) is 0 Å². The van der Waals surface area contributed by atoms with Gasteiger partial charge in [0, 0.05) is 11.4 Å². The Labute approximate surface area is 156 Å². The molecule has 0 saturated carbocycles. The van der Waals surface area contributed by atoms with Gasteiger partial charge in [-0.1, -0.05) is 36.4 Å². The highest BCUT2D eigenvalue weighted by Gasteiger charge is 2.58. The van der Waals surface area contributed by atoms with Crippen molar-refractivity contribution < 1.29 is 9.59 Å². The normalized spacial score (nSPS) is 19.1. The molecule has 0 unspecified atom stereocenters. The molecule has 1 atom stereocenters. The Morgan fingerprint density at radius 2 is 1.81 bits per heavy atom. The van der Waals surface area contributed by atoms with Crippen molar-refractivity contribution in [1.29, 1.82) is 0 Å². The standard InChI is InChI=1S/C21H18N2O2S/c1-15-7-5-6-10-18(15)22-20(25)21(16-11-12-26-14-16)13-19(24)23(21)17-8-3-2-4-9-17/h2-12,14H,13H2,1H3,(H,22,25)/t21-/m1/s1. The molecule has 26 heavy (non-hydrogen) atoms. The van der Waals surface area contributed by atoms with E-state index >= 15 is 0 Å². The summed E-state index contributed by atoms with van der Waals surface area (Å²) in [5.41, 5.74) is 2.31. The number of carbonyl (C=O) groups excluding carboxylic acids is 2. The number of nitrogens with one attached hydrogen (secondary N) is 1. The van der Waals surface area contributed by atoms with Crippen molar-refractivity contribution in [2.75, 3.05) is 10.2 Å². The van der Waals surface area contributed by atoms with Crippen molar-refractivity contribution in [3.8, 4) is 0 Å². The molecule has 1 N–H and O–H groups in total. The number of aryl methyl sites for hydroxylation is 1. The van der Waals surface area contributed by atoms with Gasteiger partial charge in [0.2, 0.25) is 5.91 Å². The average Bonchev–Trinajstić information content (AvgIpc) is 3.16. The van der Waals surface area contributed by atoms with Gasteiger partial charge in [0.1, 0.15) is 0 Å². The van der Waals surface area contributed by atoms with Gasteiger partial charge in [-0.3, -0.25) is 14.5 Å². The van der Waals surface area contributed by atoms with E-state index in [2.05, 4.69) is 5.32 Å². The molecular weight excluding hydrogens is 344 g/mol. The monoisotopic (exact) mass is 362 g/mol. The van der Waals surface area contributed by atoms with Crippen LogP contribution in [0.4, 0.5) is 11.4 Å². The first-order chi connectivity index (χ1) is 12.6. The van der Waals surface area contributed by atoms with Gasteiger partial charge in [0.05, 0.1) is 6.42 Å². The zero-order valence-electron chi connectivity index (χ0n) is 14.3. The maximum absolute atomic E-state index is 13.4. The van der Waals surface area contributed by atoms with Gasteiger partial charge < -0.3 is 5.32 Å². The number of carbonyl (C=O) groups is 2. The molecule has 4 rings (SSSR count). The van der Waals surface area contributed by atoms with Crippen LogP contribution in [0, 0.1) is 6.92 Å². The van der Waals surface area contributed by atoms with Crippen LogP contribution in [0.25, 0.3) is 0 Å². The fraction of sp³-hybridized carbons (Fsp3) is 0.143. The van der Waals surface area contributed by atoms with Crippen molar-refractivity contribution in [3.05, 3.63) is 82.6 Å². The van der Waals surface area contributed by atoms with Crippen molar-refractivity contribution in [3.63, 3.8) is 0 Å². The van der Waals surface area contributed by atoms with Gasteiger partial charge in [-0.15, -0.1) is 0 Å². The zero-order chi connectivity index (χ0) is 18.1. The summed E-state index contributed by atoms with van der Waals surface area (Å²) in [7, 11) is 0. The topological polar surface area (TPSA) is 49.4 Å². The molecule has 130 valence electrons. The quantitative estimate of drug-likeness (QED) is 0.703. The number of hydrogen-bond donors (Lipinski definition) is 1. The van der Waals surface area contributed by atoms with Crippen LogP contribution in [0.1, 0.15) is 17.5 Å². The van der Waals surface area contributed by atoms with Crippen LogP contribution in [0.15, 0.2) is 71.4 Å². The van der Waals surface area contributed by atoms with Crippen LogP contribution < -0.4 is 10.2 Å². The SMILES string of the molecule is Cc1ccccc1NC(=O)[C@]1(c2ccsc2)CC(=O)N1c1ccccc1. The minimum absolute atomic E-state index is 0.0534. The smallest absolute Gasteiger partial charge is 0.255 e. The molecule has 0 spiro atoms. The molecule has 1 aliphatic heterocycles. The Morgan fingerprint density at radius 3 is 2.46 bits per heavy atom. The Morgan fingerprint density at radius 1 is 1.08 bits per heavy atom. The molecule has 0 bridgehead atoms. The highest BCUT2D eigenvalue weighted by Crippen LogP contribution is 2.46. The van der Waals surface area contributed by atoms with Gasteiger partial charge in [0.25, 0.3) is 5.91 Å². The van der Waals surface area contributed by atoms with Crippen molar-refractivity contribution >= 4 is 34.5 Å². The van der Waals surface area contributed by atoms with E-state index in [9.17, 15) is 9.59 Å². The zero-order valence-corrected chi connectivity index (χ0v) is 15.1. The summed E-state index contributed by atoms with van der Waals surface area (Å²) in [5, 5.41) is 6.91. The van der Waals surface area contributed by atoms with E-state index in [0.29, 0.717) is 0 Å². The van der Waals surface area contributed by atoms with Crippen molar-refractivity contribution in [1.82, 2.24) is 0 Å². The maximum Gasteiger partial charge on any atom is 0.255 e. The molecule has 1 aromatic heterocycles. The lowest BCUT2D eigenvalue weighted by atomic mass is 9.77. The van der Waals surface area contributed by atoms with Gasteiger partial charge in [-0.05, 0) is 53.1 Å². The molecule has 2 heterocycles. The molecule has 1 saturated heterocycles. The Kier molecular flexibility index (Phi) is 4.09. The molecule has 2 aromatic carbocycles. The summed E-state index contributed by atoms with van der Waals surface area (Å²) >= 11 is 1.52. The molecule has 0 radical (unpaired) electrons. The van der Waals surface area contributed by atoms with E-state index < -0.39 is 5.54 Å². The predicted octanol–water partition coefficient (Wildman–Crippen LogP) is 4.33. The van der Waals surface area contributed by atoms with E-state index in [1.807, 2.05) is 78.3 Å². The second kappa shape index (κ2) is 6.42. The average molecular weight is 362 g/mol. The highest BCUT2D eigenvalue weighted by molar-refractivity contribution is 7.08. The van der Waals surface area contributed by atoms with E-state index in [4.69, 9.17) is 0 Å². The lowest BCUT2D eigenvalue weighted by molar-refractivity contribution is -0.137. The number of thiophene rings is 1. The number of hydrogen-bond acceptors (Lipinski definition) is 3. The fourth-order valence-electron chi connectivity index (χ4n) is 3.42. The number of para-hydroxylation sites is 2. The molecule has 0 aliphatic carbocycles. The molecule has 5 heteroatoms. The maximum atomic E-state index is 13.4. The summed E-state index contributed by atoms with van der Waals surface area (Å²) in [6, 6.07) is 18.9. The van der Waals surface area contributed by atoms with E-state index in [-0.39, 0.29) is 18.2 Å². The van der Waals surface area contributed by atoms with Gasteiger partial charge >= 0.3 is 0 Å². The van der Waals surface area contributed by atoms with Gasteiger partial charge in [0.15, 0.2) is 5.54 Å². The third kappa shape index (κ3) is 2.52. The number of rotatable bonds is 4. The molecule has 3 aromatic rings. The minimum Gasteiger partial charge on any atom is -0.323 e. The minimum atomic E-state index is -1.01. The number of benzene rings is 2. The van der Waals surface area contributed by atoms with Crippen LogP contribution in [0.5, 0.6) is 0 Å². The molecule has 4 nitrogen and oxygen atoms in total. The number of nitrogens with zero attached hydrogens (tertiary/aromatic N) is 1. The third-order valence-electron chi connectivity index (χ3n) is 4.82. The summed E-state index contributed by atoms with van der Waals surface area (Å²) in [6.07, 6.45) is 0.163. The second-order valence-corrected chi connectivity index (χ2v) is 7.16. The first kappa shape index (κ1) is 16.5. The van der Waals surface area contributed by atoms with Crippen LogP contribution in [0.2, 0.25) is 0 Å². The van der Waals surface area contributed by atoms with Crippen LogP contribution in [-0.4, -0.2) is 11.8 Å². The van der Waals surface area contributed by atoms with Gasteiger partial charge in [-0.2, -0.15) is 11.3 Å². The number of anilines is 2. The molecule has 2 amide bonds. The summed E-state index contributed by atoms with van der Waals surface area (Å²) in [6.45, 7) is 1.95. The lowest BCUT2D eigenvalue weighted by Crippen LogP contribution is -2.67. The fourth-order valence-corrected chi connectivity index (χ4v) is 4.15. The molecular formula is C21H18N2O2S. The lowest BCUT2D eigenvalue weighted by Gasteiger charge is -2.50. The first-order valence-electron chi connectivity index (χ1n) is 8.41. The number of β-lactam (4-membered cyclic amide) rings is 1. The molecule has 1 aliphatic rings. The Balaban J connectivity index is 1.77. The van der Waals surface area contributed by atoms with E-state index in [1.165, 1.54) is 11.3 Å². The molecule has 1 fully saturated rings. The first-order valence-corrected chi connectivity index (χ1v) is 9.35. The van der Waals surface area contributed by atoms with E-state index in [1.54, 1.807) is 4.90 Å². The summed E-state index contributed by atoms with van der Waals surface area (Å²) < 4.78 is 0. The van der Waals surface area contributed by atoms with Crippen LogP contribution >= 0.6 is 11.3 Å². The highest BCUT2D eigenvalue weighted by atomic mass is 32.1. The predicted molar refractivity (Wildman–Crippen MR) is 104 cm³/mol. The third-order valence-corrected chi connectivity index (χ3v) is 5.50. The van der Waals surface area contributed by atoms with Crippen LogP contribution in [-0.2, 0) is 15.1 Å². The van der Waals surface area contributed by atoms with Gasteiger partial charge in [-0.25, -0.2) is 0 Å². The summed E-state index contributed by atoms with van der Waals surface area (Å²) in [4.78, 5) is 27.5. The second-order valence-electron chi connectivity index (χ2n) is 6.38. The van der Waals surface area contributed by atoms with Crippen molar-refractivity contribution in [2.45, 2.75) is 18.9 Å². The Bertz CT molecular complexity index is 953. The summed E-state index contributed by atoms with van der Waals surface area (Å²) in [5.74, 6) is -0.240.